The lowest BCUT2D eigenvalue weighted by Crippen LogP contribution is -2.18. The number of hydrogen-bond donors (Lipinski definition) is 1. The molecule has 0 fully saturated rings. The molecule has 0 bridgehead atoms. The number of hydrogen-bond acceptors (Lipinski definition) is 3. The summed E-state index contributed by atoms with van der Waals surface area (Å²) < 4.78 is 7.39. The second-order valence-corrected chi connectivity index (χ2v) is 5.42. The lowest BCUT2D eigenvalue weighted by Gasteiger charge is -2.15. The zero-order valence-corrected chi connectivity index (χ0v) is 13.7. The molecule has 1 N–H and O–H groups in total. The van der Waals surface area contributed by atoms with Crippen LogP contribution in [0.4, 0.5) is 0 Å². The number of nitrogens with zero attached hydrogens (tertiary/aromatic N) is 2. The van der Waals surface area contributed by atoms with Crippen molar-refractivity contribution in [3.63, 3.8) is 0 Å². The van der Waals surface area contributed by atoms with E-state index in [2.05, 4.69) is 30.4 Å². The smallest absolute Gasteiger partial charge is 0.120 e. The third-order valence-corrected chi connectivity index (χ3v) is 4.04. The zero-order chi connectivity index (χ0) is 16.1. The van der Waals surface area contributed by atoms with Gasteiger partial charge in [0.05, 0.1) is 6.61 Å². The minimum atomic E-state index is 0.237. The van der Waals surface area contributed by atoms with Crippen molar-refractivity contribution in [2.24, 2.45) is 7.05 Å². The van der Waals surface area contributed by atoms with Crippen LogP contribution in [0.1, 0.15) is 42.4 Å². The fraction of sp³-hybridized carbons (Fsp3) is 0.389. The van der Waals surface area contributed by atoms with Gasteiger partial charge in [-0.05, 0) is 50.1 Å². The van der Waals surface area contributed by atoms with E-state index in [1.54, 1.807) is 0 Å². The zero-order valence-electron chi connectivity index (χ0n) is 13.7. The molecule has 1 aromatic carbocycles. The van der Waals surface area contributed by atoms with E-state index in [0.29, 0.717) is 12.3 Å². The molecule has 1 atom stereocenters. The van der Waals surface area contributed by atoms with Gasteiger partial charge in [0.15, 0.2) is 0 Å². The monoisotopic (exact) mass is 297 g/mol. The third kappa shape index (κ3) is 3.49. The Morgan fingerprint density at radius 1 is 1.32 bits per heavy atom. The Kier molecular flexibility index (Phi) is 5.24. The molecule has 0 saturated carbocycles. The van der Waals surface area contributed by atoms with Crippen LogP contribution < -0.4 is 10.1 Å². The van der Waals surface area contributed by atoms with Crippen LogP contribution in [0.5, 0.6) is 5.75 Å². The van der Waals surface area contributed by atoms with Gasteiger partial charge in [0, 0.05) is 25.3 Å². The lowest BCUT2D eigenvalue weighted by atomic mass is 10.1. The first-order chi connectivity index (χ1) is 10.6. The van der Waals surface area contributed by atoms with E-state index in [4.69, 9.17) is 10.00 Å². The van der Waals surface area contributed by atoms with Crippen LogP contribution in [0.25, 0.3) is 0 Å². The van der Waals surface area contributed by atoms with Gasteiger partial charge in [-0.1, -0.05) is 12.1 Å². The van der Waals surface area contributed by atoms with E-state index in [1.807, 2.05) is 43.7 Å². The maximum Gasteiger partial charge on any atom is 0.120 e. The van der Waals surface area contributed by atoms with Crippen molar-refractivity contribution in [2.45, 2.75) is 33.4 Å². The standard InChI is InChI=1S/C18H23N3O/c1-5-22-18-8-6-15(7-9-18)13(2)20-12-16-10-17(11-19)21(4)14(16)3/h6-10,13,20H,5,12H2,1-4H3. The van der Waals surface area contributed by atoms with Crippen molar-refractivity contribution < 1.29 is 4.74 Å². The predicted octanol–water partition coefficient (Wildman–Crippen LogP) is 3.45. The van der Waals surface area contributed by atoms with E-state index >= 15 is 0 Å². The Bertz CT molecular complexity index is 665. The van der Waals surface area contributed by atoms with Crippen LogP contribution in [-0.4, -0.2) is 11.2 Å². The topological polar surface area (TPSA) is 50.0 Å². The van der Waals surface area contributed by atoms with Crippen molar-refractivity contribution in [3.05, 3.63) is 52.8 Å². The van der Waals surface area contributed by atoms with Gasteiger partial charge in [-0.2, -0.15) is 5.26 Å². The number of ether oxygens (including phenoxy) is 1. The lowest BCUT2D eigenvalue weighted by molar-refractivity contribution is 0.340. The highest BCUT2D eigenvalue weighted by Crippen LogP contribution is 2.19. The highest BCUT2D eigenvalue weighted by molar-refractivity contribution is 5.34. The Labute approximate surface area is 132 Å². The molecule has 0 aliphatic heterocycles. The van der Waals surface area contributed by atoms with Gasteiger partial charge >= 0.3 is 0 Å². The van der Waals surface area contributed by atoms with E-state index in [-0.39, 0.29) is 6.04 Å². The normalized spacial score (nSPS) is 12.0. The van der Waals surface area contributed by atoms with Crippen LogP contribution in [0.15, 0.2) is 30.3 Å². The molecule has 0 radical (unpaired) electrons. The van der Waals surface area contributed by atoms with Crippen molar-refractivity contribution >= 4 is 0 Å². The molecule has 0 spiro atoms. The SMILES string of the molecule is CCOc1ccc(C(C)NCc2cc(C#N)n(C)c2C)cc1. The fourth-order valence-electron chi connectivity index (χ4n) is 2.45. The van der Waals surface area contributed by atoms with Gasteiger partial charge in [0.2, 0.25) is 0 Å². The summed E-state index contributed by atoms with van der Waals surface area (Å²) in [6.07, 6.45) is 0. The summed E-state index contributed by atoms with van der Waals surface area (Å²) in [5.74, 6) is 0.899. The molecule has 22 heavy (non-hydrogen) atoms. The van der Waals surface area contributed by atoms with Crippen LogP contribution in [0.3, 0.4) is 0 Å². The molecule has 4 heteroatoms. The van der Waals surface area contributed by atoms with Gasteiger partial charge < -0.3 is 14.6 Å². The van der Waals surface area contributed by atoms with Gasteiger partial charge in [0.25, 0.3) is 0 Å². The third-order valence-electron chi connectivity index (χ3n) is 4.04. The second-order valence-electron chi connectivity index (χ2n) is 5.42. The Hall–Kier alpha value is -2.25. The Balaban J connectivity index is 2.00. The molecule has 116 valence electrons. The first kappa shape index (κ1) is 16.1. The second kappa shape index (κ2) is 7.15. The van der Waals surface area contributed by atoms with Crippen LogP contribution >= 0.6 is 0 Å². The molecule has 0 saturated heterocycles. The van der Waals surface area contributed by atoms with Crippen molar-refractivity contribution in [3.8, 4) is 11.8 Å². The van der Waals surface area contributed by atoms with E-state index in [0.717, 1.165) is 23.6 Å². The van der Waals surface area contributed by atoms with Crippen LogP contribution in [-0.2, 0) is 13.6 Å². The quantitative estimate of drug-likeness (QED) is 0.888. The maximum absolute atomic E-state index is 9.08. The van der Waals surface area contributed by atoms with Crippen molar-refractivity contribution in [1.82, 2.24) is 9.88 Å². The molecular weight excluding hydrogens is 274 g/mol. The fourth-order valence-corrected chi connectivity index (χ4v) is 2.45. The molecule has 2 rings (SSSR count). The van der Waals surface area contributed by atoms with Crippen molar-refractivity contribution in [1.29, 1.82) is 5.26 Å². The van der Waals surface area contributed by atoms with Gasteiger partial charge in [-0.3, -0.25) is 0 Å². The summed E-state index contributed by atoms with van der Waals surface area (Å²) >= 11 is 0. The highest BCUT2D eigenvalue weighted by atomic mass is 16.5. The first-order valence-corrected chi connectivity index (χ1v) is 7.58. The maximum atomic E-state index is 9.08. The molecule has 1 aromatic heterocycles. The average molecular weight is 297 g/mol. The average Bonchev–Trinajstić information content (AvgIpc) is 2.81. The van der Waals surface area contributed by atoms with E-state index in [9.17, 15) is 0 Å². The highest BCUT2D eigenvalue weighted by Gasteiger charge is 2.10. The minimum Gasteiger partial charge on any atom is -0.494 e. The summed E-state index contributed by atoms with van der Waals surface area (Å²) in [5, 5.41) is 12.6. The van der Waals surface area contributed by atoms with E-state index in [1.165, 1.54) is 5.56 Å². The summed E-state index contributed by atoms with van der Waals surface area (Å²) in [7, 11) is 1.92. The molecule has 1 heterocycles. The molecule has 4 nitrogen and oxygen atoms in total. The predicted molar refractivity (Wildman–Crippen MR) is 87.7 cm³/mol. The van der Waals surface area contributed by atoms with E-state index < -0.39 is 0 Å². The molecule has 0 aliphatic carbocycles. The van der Waals surface area contributed by atoms with Crippen LogP contribution in [0.2, 0.25) is 0 Å². The molecule has 2 aromatic rings. The number of benzene rings is 1. The van der Waals surface area contributed by atoms with Gasteiger partial charge in [0.1, 0.15) is 17.5 Å². The van der Waals surface area contributed by atoms with Gasteiger partial charge in [-0.25, -0.2) is 0 Å². The summed E-state index contributed by atoms with van der Waals surface area (Å²) in [6, 6.07) is 12.6. The summed E-state index contributed by atoms with van der Waals surface area (Å²) in [4.78, 5) is 0. The number of aromatic nitrogens is 1. The number of rotatable bonds is 6. The van der Waals surface area contributed by atoms with Gasteiger partial charge in [-0.15, -0.1) is 0 Å². The molecular formula is C18H23N3O. The number of nitrogens with one attached hydrogen (secondary N) is 1. The summed E-state index contributed by atoms with van der Waals surface area (Å²) in [5.41, 5.74) is 4.21. The molecule has 0 amide bonds. The minimum absolute atomic E-state index is 0.237. The molecule has 1 unspecified atom stereocenters. The Morgan fingerprint density at radius 3 is 2.55 bits per heavy atom. The van der Waals surface area contributed by atoms with Crippen molar-refractivity contribution in [2.75, 3.05) is 6.61 Å². The number of nitriles is 1. The molecule has 0 aliphatic rings. The first-order valence-electron chi connectivity index (χ1n) is 7.58. The summed E-state index contributed by atoms with van der Waals surface area (Å²) in [6.45, 7) is 7.59. The van der Waals surface area contributed by atoms with Crippen LogP contribution in [0, 0.1) is 18.3 Å². The Morgan fingerprint density at radius 2 is 2.00 bits per heavy atom. The largest absolute Gasteiger partial charge is 0.494 e.